The third-order valence-electron chi connectivity index (χ3n) is 2.65. The van der Waals surface area contributed by atoms with Gasteiger partial charge < -0.3 is 5.32 Å². The van der Waals surface area contributed by atoms with Crippen LogP contribution in [0.25, 0.3) is 0 Å². The number of nitrogens with zero attached hydrogens (tertiary/aromatic N) is 1. The van der Waals surface area contributed by atoms with E-state index in [4.69, 9.17) is 0 Å². The van der Waals surface area contributed by atoms with Crippen molar-refractivity contribution in [1.29, 1.82) is 0 Å². The Morgan fingerprint density at radius 1 is 1.69 bits per heavy atom. The molecule has 1 aliphatic carbocycles. The van der Waals surface area contributed by atoms with E-state index in [9.17, 15) is 0 Å². The van der Waals surface area contributed by atoms with Crippen molar-refractivity contribution in [2.45, 2.75) is 31.7 Å². The van der Waals surface area contributed by atoms with Crippen molar-refractivity contribution in [3.63, 3.8) is 0 Å². The Kier molecular flexibility index (Phi) is 2.96. The molecule has 1 N–H and O–H groups in total. The van der Waals surface area contributed by atoms with Crippen molar-refractivity contribution >= 4 is 11.3 Å². The molecule has 2 nitrogen and oxygen atoms in total. The van der Waals surface area contributed by atoms with Crippen LogP contribution in [0.4, 0.5) is 0 Å². The lowest BCUT2D eigenvalue weighted by Crippen LogP contribution is -2.27. The lowest BCUT2D eigenvalue weighted by atomic mass is 10.1. The van der Waals surface area contributed by atoms with Crippen LogP contribution in [0.1, 0.15) is 24.1 Å². The molecular formula is C10H16N2S. The van der Waals surface area contributed by atoms with Gasteiger partial charge in [0.05, 0.1) is 5.51 Å². The first-order chi connectivity index (χ1) is 6.38. The molecule has 1 atom stereocenters. The van der Waals surface area contributed by atoms with Crippen molar-refractivity contribution in [2.75, 3.05) is 7.05 Å². The van der Waals surface area contributed by atoms with Gasteiger partial charge in [0.15, 0.2) is 0 Å². The van der Waals surface area contributed by atoms with Crippen molar-refractivity contribution in [3.05, 3.63) is 16.6 Å². The Bertz CT molecular complexity index is 241. The third-order valence-corrected chi connectivity index (χ3v) is 3.46. The summed E-state index contributed by atoms with van der Waals surface area (Å²) < 4.78 is 0. The Balaban J connectivity index is 1.82. The second-order valence-corrected chi connectivity index (χ2v) is 4.81. The summed E-state index contributed by atoms with van der Waals surface area (Å²) >= 11 is 1.76. The second kappa shape index (κ2) is 4.20. The van der Waals surface area contributed by atoms with Crippen LogP contribution in [-0.4, -0.2) is 18.1 Å². The van der Waals surface area contributed by atoms with E-state index in [0.29, 0.717) is 6.04 Å². The molecule has 0 saturated heterocycles. The molecule has 1 saturated carbocycles. The molecule has 1 aromatic rings. The van der Waals surface area contributed by atoms with Crippen molar-refractivity contribution in [1.82, 2.24) is 10.3 Å². The van der Waals surface area contributed by atoms with Crippen LogP contribution in [0.2, 0.25) is 0 Å². The zero-order valence-electron chi connectivity index (χ0n) is 7.99. The summed E-state index contributed by atoms with van der Waals surface area (Å²) in [5.41, 5.74) is 1.92. The maximum absolute atomic E-state index is 4.10. The summed E-state index contributed by atoms with van der Waals surface area (Å²) in [4.78, 5) is 5.50. The average Bonchev–Trinajstić information content (AvgIpc) is 2.80. The highest BCUT2D eigenvalue weighted by molar-refractivity contribution is 7.09. The highest BCUT2D eigenvalue weighted by Gasteiger charge is 2.24. The molecule has 0 radical (unpaired) electrons. The molecule has 13 heavy (non-hydrogen) atoms. The molecule has 0 amide bonds. The minimum absolute atomic E-state index is 0.660. The first-order valence-corrected chi connectivity index (χ1v) is 5.81. The molecule has 2 rings (SSSR count). The maximum Gasteiger partial charge on any atom is 0.0794 e. The molecule has 3 heteroatoms. The fraction of sp³-hybridized carbons (Fsp3) is 0.700. The molecule has 1 heterocycles. The summed E-state index contributed by atoms with van der Waals surface area (Å²) in [6.45, 7) is 0. The topological polar surface area (TPSA) is 24.9 Å². The van der Waals surface area contributed by atoms with Crippen LogP contribution in [-0.2, 0) is 6.42 Å². The van der Waals surface area contributed by atoms with Crippen LogP contribution < -0.4 is 5.32 Å². The lowest BCUT2D eigenvalue weighted by molar-refractivity contribution is 0.493. The fourth-order valence-corrected chi connectivity index (χ4v) is 2.32. The van der Waals surface area contributed by atoms with Crippen LogP contribution >= 0.6 is 11.3 Å². The molecule has 0 aromatic carbocycles. The molecule has 1 aliphatic rings. The number of aromatic nitrogens is 1. The molecule has 0 spiro atoms. The Labute approximate surface area is 83.4 Å². The zero-order chi connectivity index (χ0) is 9.10. The fourth-order valence-electron chi connectivity index (χ4n) is 1.64. The van der Waals surface area contributed by atoms with Crippen LogP contribution in [0, 0.1) is 5.92 Å². The zero-order valence-corrected chi connectivity index (χ0v) is 8.81. The van der Waals surface area contributed by atoms with Gasteiger partial charge in [-0.2, -0.15) is 0 Å². The first kappa shape index (κ1) is 9.16. The predicted octanol–water partition coefficient (Wildman–Crippen LogP) is 2.07. The van der Waals surface area contributed by atoms with Gasteiger partial charge in [-0.15, -0.1) is 11.3 Å². The second-order valence-electron chi connectivity index (χ2n) is 3.84. The van der Waals surface area contributed by atoms with Crippen LogP contribution in [0.3, 0.4) is 0 Å². The molecule has 1 fully saturated rings. The number of rotatable bonds is 5. The SMILES string of the molecule is CNC(Cc1cncs1)CC1CC1. The summed E-state index contributed by atoms with van der Waals surface area (Å²) in [5, 5.41) is 3.39. The average molecular weight is 196 g/mol. The number of thiazole rings is 1. The van der Waals surface area contributed by atoms with Gasteiger partial charge in [0, 0.05) is 17.1 Å². The minimum atomic E-state index is 0.660. The summed E-state index contributed by atoms with van der Waals surface area (Å²) in [5.74, 6) is 1.00. The van der Waals surface area contributed by atoms with Gasteiger partial charge in [-0.1, -0.05) is 12.8 Å². The van der Waals surface area contributed by atoms with Crippen molar-refractivity contribution in [3.8, 4) is 0 Å². The van der Waals surface area contributed by atoms with E-state index >= 15 is 0 Å². The molecule has 0 bridgehead atoms. The molecular weight excluding hydrogens is 180 g/mol. The summed E-state index contributed by atoms with van der Waals surface area (Å²) in [6, 6.07) is 0.660. The van der Waals surface area contributed by atoms with Gasteiger partial charge in [-0.25, -0.2) is 0 Å². The largest absolute Gasteiger partial charge is 0.317 e. The predicted molar refractivity (Wildman–Crippen MR) is 56.0 cm³/mol. The van der Waals surface area contributed by atoms with Gasteiger partial charge in [-0.3, -0.25) is 4.98 Å². The van der Waals surface area contributed by atoms with Crippen molar-refractivity contribution in [2.24, 2.45) is 5.92 Å². The van der Waals surface area contributed by atoms with E-state index in [1.54, 1.807) is 11.3 Å². The van der Waals surface area contributed by atoms with E-state index in [0.717, 1.165) is 12.3 Å². The number of hydrogen-bond acceptors (Lipinski definition) is 3. The van der Waals surface area contributed by atoms with E-state index in [2.05, 4.69) is 17.3 Å². The van der Waals surface area contributed by atoms with Gasteiger partial charge in [-0.05, 0) is 25.8 Å². The number of hydrogen-bond donors (Lipinski definition) is 1. The Morgan fingerprint density at radius 3 is 3.08 bits per heavy atom. The van der Waals surface area contributed by atoms with E-state index in [1.807, 2.05) is 11.7 Å². The first-order valence-electron chi connectivity index (χ1n) is 4.93. The standard InChI is InChI=1S/C10H16N2S/c1-11-9(4-8-2-3-8)5-10-6-12-7-13-10/h6-9,11H,2-5H2,1H3. The smallest absolute Gasteiger partial charge is 0.0794 e. The highest BCUT2D eigenvalue weighted by Crippen LogP contribution is 2.34. The van der Waals surface area contributed by atoms with Gasteiger partial charge in [0.1, 0.15) is 0 Å². The molecule has 72 valence electrons. The Hall–Kier alpha value is -0.410. The van der Waals surface area contributed by atoms with E-state index in [-0.39, 0.29) is 0 Å². The number of nitrogens with one attached hydrogen (secondary N) is 1. The van der Waals surface area contributed by atoms with E-state index < -0.39 is 0 Å². The normalized spacial score (nSPS) is 18.8. The quantitative estimate of drug-likeness (QED) is 0.780. The van der Waals surface area contributed by atoms with Gasteiger partial charge >= 0.3 is 0 Å². The third kappa shape index (κ3) is 2.78. The summed E-state index contributed by atoms with van der Waals surface area (Å²) in [6.07, 6.45) is 7.37. The Morgan fingerprint density at radius 2 is 2.54 bits per heavy atom. The number of likely N-dealkylation sites (N-methyl/N-ethyl adjacent to an activating group) is 1. The lowest BCUT2D eigenvalue weighted by Gasteiger charge is -2.13. The molecule has 1 aromatic heterocycles. The monoisotopic (exact) mass is 196 g/mol. The maximum atomic E-state index is 4.10. The minimum Gasteiger partial charge on any atom is -0.317 e. The van der Waals surface area contributed by atoms with E-state index in [1.165, 1.54) is 24.1 Å². The van der Waals surface area contributed by atoms with Gasteiger partial charge in [0.2, 0.25) is 0 Å². The van der Waals surface area contributed by atoms with Gasteiger partial charge in [0.25, 0.3) is 0 Å². The summed E-state index contributed by atoms with van der Waals surface area (Å²) in [7, 11) is 2.06. The molecule has 1 unspecified atom stereocenters. The van der Waals surface area contributed by atoms with Crippen LogP contribution in [0.15, 0.2) is 11.7 Å². The highest BCUT2D eigenvalue weighted by atomic mass is 32.1. The van der Waals surface area contributed by atoms with Crippen molar-refractivity contribution < 1.29 is 0 Å². The molecule has 0 aliphatic heterocycles. The van der Waals surface area contributed by atoms with Crippen LogP contribution in [0.5, 0.6) is 0 Å².